The van der Waals surface area contributed by atoms with E-state index in [1.807, 2.05) is 24.7 Å². The third-order valence-electron chi connectivity index (χ3n) is 5.05. The van der Waals surface area contributed by atoms with Gasteiger partial charge in [-0.05, 0) is 26.7 Å². The highest BCUT2D eigenvalue weighted by atomic mass is 16.5. The summed E-state index contributed by atoms with van der Waals surface area (Å²) in [6.07, 6.45) is 5.17. The fourth-order valence-corrected chi connectivity index (χ4v) is 3.49. The number of hydrogen-bond acceptors (Lipinski definition) is 7. The minimum atomic E-state index is -0.307. The number of carbonyl (C=O) groups is 1. The first-order valence-corrected chi connectivity index (χ1v) is 9.55. The molecule has 4 rings (SSSR count). The van der Waals surface area contributed by atoms with Crippen molar-refractivity contribution in [2.45, 2.75) is 45.8 Å². The molecule has 0 spiro atoms. The van der Waals surface area contributed by atoms with Crippen LogP contribution in [0, 0.1) is 6.92 Å². The summed E-state index contributed by atoms with van der Waals surface area (Å²) < 4.78 is 12.3. The van der Waals surface area contributed by atoms with Crippen LogP contribution >= 0.6 is 0 Å². The molecule has 1 saturated heterocycles. The second-order valence-electron chi connectivity index (χ2n) is 6.84. The van der Waals surface area contributed by atoms with Gasteiger partial charge in [0.05, 0.1) is 23.5 Å². The predicted molar refractivity (Wildman–Crippen MR) is 103 cm³/mol. The minimum Gasteiger partial charge on any atom is -0.381 e. The van der Waals surface area contributed by atoms with Crippen molar-refractivity contribution in [1.29, 1.82) is 0 Å². The summed E-state index contributed by atoms with van der Waals surface area (Å²) >= 11 is 0. The molecule has 0 saturated carbocycles. The van der Waals surface area contributed by atoms with E-state index in [4.69, 9.17) is 14.2 Å². The number of hydrogen-bond donors (Lipinski definition) is 2. The number of amides is 1. The Bertz CT molecular complexity index is 960. The number of nitrogens with one attached hydrogen (secondary N) is 2. The molecule has 9 heteroatoms. The van der Waals surface area contributed by atoms with Gasteiger partial charge in [0.15, 0.2) is 5.65 Å². The van der Waals surface area contributed by atoms with E-state index in [9.17, 15) is 4.79 Å². The Kier molecular flexibility index (Phi) is 5.25. The van der Waals surface area contributed by atoms with Crippen LogP contribution in [-0.4, -0.2) is 45.1 Å². The third kappa shape index (κ3) is 3.57. The molecule has 2 N–H and O–H groups in total. The average Bonchev–Trinajstić information content (AvgIpc) is 3.38. The zero-order valence-electron chi connectivity index (χ0n) is 16.1. The summed E-state index contributed by atoms with van der Waals surface area (Å²) in [6.45, 7) is 6.57. The standard InChI is InChI=1S/C19H24N6O3/c1-3-25-18-15(11-21-25)17(24-13-5-8-27-9-6-13)14(12(2)23-18)10-20-19(26)16-4-7-22-28-16/h4,7,11,13H,3,5-6,8-10H2,1-2H3,(H,20,26)(H,23,24). The van der Waals surface area contributed by atoms with Crippen LogP contribution in [0.15, 0.2) is 23.0 Å². The number of aryl methyl sites for hydroxylation is 2. The molecule has 1 aliphatic rings. The second kappa shape index (κ2) is 7.97. The zero-order chi connectivity index (χ0) is 19.5. The molecule has 0 atom stereocenters. The lowest BCUT2D eigenvalue weighted by atomic mass is 10.0. The second-order valence-corrected chi connectivity index (χ2v) is 6.84. The van der Waals surface area contributed by atoms with Crippen LogP contribution in [0.25, 0.3) is 11.0 Å². The molecule has 0 unspecified atom stereocenters. The van der Waals surface area contributed by atoms with Gasteiger partial charge >= 0.3 is 0 Å². The molecule has 0 radical (unpaired) electrons. The largest absolute Gasteiger partial charge is 0.381 e. The van der Waals surface area contributed by atoms with Crippen molar-refractivity contribution >= 4 is 22.6 Å². The Morgan fingerprint density at radius 3 is 2.89 bits per heavy atom. The van der Waals surface area contributed by atoms with Crippen molar-refractivity contribution in [2.75, 3.05) is 18.5 Å². The lowest BCUT2D eigenvalue weighted by molar-refractivity contribution is 0.0904. The lowest BCUT2D eigenvalue weighted by Crippen LogP contribution is -2.29. The zero-order valence-corrected chi connectivity index (χ0v) is 16.1. The van der Waals surface area contributed by atoms with E-state index < -0.39 is 0 Å². The number of fused-ring (bicyclic) bond motifs is 1. The first-order valence-electron chi connectivity index (χ1n) is 9.55. The number of carbonyl (C=O) groups excluding carboxylic acids is 1. The molecule has 1 fully saturated rings. The van der Waals surface area contributed by atoms with E-state index >= 15 is 0 Å². The Balaban J connectivity index is 1.67. The SMILES string of the molecule is CCn1ncc2c(NC3CCOCC3)c(CNC(=O)c3ccno3)c(C)nc21. The Morgan fingerprint density at radius 1 is 1.36 bits per heavy atom. The normalized spacial score (nSPS) is 15.1. The van der Waals surface area contributed by atoms with Crippen molar-refractivity contribution < 1.29 is 14.1 Å². The minimum absolute atomic E-state index is 0.185. The first kappa shape index (κ1) is 18.4. The third-order valence-corrected chi connectivity index (χ3v) is 5.05. The Hall–Kier alpha value is -2.94. The van der Waals surface area contributed by atoms with Gasteiger partial charge in [0.2, 0.25) is 5.76 Å². The number of anilines is 1. The molecule has 1 aliphatic heterocycles. The fourth-order valence-electron chi connectivity index (χ4n) is 3.49. The maximum absolute atomic E-state index is 12.3. The van der Waals surface area contributed by atoms with Gasteiger partial charge in [-0.25, -0.2) is 9.67 Å². The summed E-state index contributed by atoms with van der Waals surface area (Å²) in [5, 5.41) is 15.6. The Morgan fingerprint density at radius 2 is 2.18 bits per heavy atom. The fraction of sp³-hybridized carbons (Fsp3) is 0.474. The maximum atomic E-state index is 12.3. The molecule has 0 aromatic carbocycles. The molecule has 3 aromatic heterocycles. The van der Waals surface area contributed by atoms with Crippen LogP contribution in [-0.2, 0) is 17.8 Å². The molecule has 148 valence electrons. The van der Waals surface area contributed by atoms with Crippen molar-refractivity contribution in [3.63, 3.8) is 0 Å². The number of rotatable bonds is 6. The average molecular weight is 384 g/mol. The highest BCUT2D eigenvalue weighted by Crippen LogP contribution is 2.30. The molecule has 0 bridgehead atoms. The molecule has 1 amide bonds. The van der Waals surface area contributed by atoms with Gasteiger partial charge in [0.25, 0.3) is 5.91 Å². The molecule has 4 heterocycles. The van der Waals surface area contributed by atoms with Gasteiger partial charge < -0.3 is 19.9 Å². The molecule has 9 nitrogen and oxygen atoms in total. The van der Waals surface area contributed by atoms with E-state index in [0.29, 0.717) is 12.6 Å². The number of pyridine rings is 1. The summed E-state index contributed by atoms with van der Waals surface area (Å²) in [5.74, 6) is -0.123. The highest BCUT2D eigenvalue weighted by Gasteiger charge is 2.21. The molecular formula is C19H24N6O3. The molecule has 28 heavy (non-hydrogen) atoms. The quantitative estimate of drug-likeness (QED) is 0.671. The van der Waals surface area contributed by atoms with Gasteiger partial charge in [-0.2, -0.15) is 5.10 Å². The summed E-state index contributed by atoms with van der Waals surface area (Å²) in [6, 6.07) is 1.85. The summed E-state index contributed by atoms with van der Waals surface area (Å²) in [5.41, 5.74) is 3.63. The molecule has 0 aliphatic carbocycles. The highest BCUT2D eigenvalue weighted by molar-refractivity contribution is 5.93. The van der Waals surface area contributed by atoms with Gasteiger partial charge in [0, 0.05) is 49.7 Å². The van der Waals surface area contributed by atoms with Crippen LogP contribution in [0.4, 0.5) is 5.69 Å². The number of nitrogens with zero attached hydrogens (tertiary/aromatic N) is 4. The van der Waals surface area contributed by atoms with Gasteiger partial charge in [-0.15, -0.1) is 0 Å². The smallest absolute Gasteiger partial charge is 0.290 e. The maximum Gasteiger partial charge on any atom is 0.290 e. The monoisotopic (exact) mass is 384 g/mol. The molecular weight excluding hydrogens is 360 g/mol. The van der Waals surface area contributed by atoms with Crippen LogP contribution in [0.2, 0.25) is 0 Å². The van der Waals surface area contributed by atoms with E-state index in [1.54, 1.807) is 0 Å². The molecule has 3 aromatic rings. The van der Waals surface area contributed by atoms with E-state index in [1.165, 1.54) is 12.3 Å². The van der Waals surface area contributed by atoms with Crippen molar-refractivity contribution in [3.8, 4) is 0 Å². The van der Waals surface area contributed by atoms with Crippen molar-refractivity contribution in [2.24, 2.45) is 0 Å². The summed E-state index contributed by atoms with van der Waals surface area (Å²) in [4.78, 5) is 17.0. The van der Waals surface area contributed by atoms with Crippen LogP contribution < -0.4 is 10.6 Å². The van der Waals surface area contributed by atoms with Crippen molar-refractivity contribution in [1.82, 2.24) is 25.2 Å². The van der Waals surface area contributed by atoms with E-state index in [-0.39, 0.29) is 11.7 Å². The number of aromatic nitrogens is 4. The number of ether oxygens (including phenoxy) is 1. The lowest BCUT2D eigenvalue weighted by Gasteiger charge is -2.26. The van der Waals surface area contributed by atoms with Crippen LogP contribution in [0.5, 0.6) is 0 Å². The van der Waals surface area contributed by atoms with Gasteiger partial charge in [-0.3, -0.25) is 4.79 Å². The van der Waals surface area contributed by atoms with E-state index in [2.05, 4.69) is 20.9 Å². The van der Waals surface area contributed by atoms with Gasteiger partial charge in [0.1, 0.15) is 0 Å². The van der Waals surface area contributed by atoms with E-state index in [0.717, 1.165) is 60.6 Å². The van der Waals surface area contributed by atoms with Crippen LogP contribution in [0.3, 0.4) is 0 Å². The van der Waals surface area contributed by atoms with Crippen molar-refractivity contribution in [3.05, 3.63) is 35.5 Å². The predicted octanol–water partition coefficient (Wildman–Crippen LogP) is 2.27. The van der Waals surface area contributed by atoms with Crippen LogP contribution in [0.1, 0.15) is 41.6 Å². The topological polar surface area (TPSA) is 107 Å². The Labute approximate surface area is 162 Å². The van der Waals surface area contributed by atoms with Gasteiger partial charge in [-0.1, -0.05) is 5.16 Å². The summed E-state index contributed by atoms with van der Waals surface area (Å²) in [7, 11) is 0. The first-order chi connectivity index (χ1) is 13.7.